The summed E-state index contributed by atoms with van der Waals surface area (Å²) in [5.41, 5.74) is 2.16. The van der Waals surface area contributed by atoms with Crippen LogP contribution in [0.3, 0.4) is 0 Å². The molecule has 0 unspecified atom stereocenters. The Morgan fingerprint density at radius 3 is 2.91 bits per heavy atom. The molecule has 164 valence electrons. The van der Waals surface area contributed by atoms with E-state index in [0.29, 0.717) is 29.1 Å². The van der Waals surface area contributed by atoms with Gasteiger partial charge in [-0.1, -0.05) is 11.6 Å². The summed E-state index contributed by atoms with van der Waals surface area (Å²) in [4.78, 5) is 30.6. The summed E-state index contributed by atoms with van der Waals surface area (Å²) in [6.45, 7) is 0. The number of carbonyl (C=O) groups excluding carboxylic acids is 1. The number of aromatic nitrogens is 3. The minimum absolute atomic E-state index is 0.0168. The Labute approximate surface area is 187 Å². The van der Waals surface area contributed by atoms with E-state index in [0.717, 1.165) is 18.4 Å². The number of anilines is 1. The molecular weight excluding hydrogens is 437 g/mol. The van der Waals surface area contributed by atoms with Crippen molar-refractivity contribution in [3.8, 4) is 17.0 Å². The topological polar surface area (TPSA) is 100 Å². The normalized spacial score (nSPS) is 18.9. The molecule has 0 aliphatic carbocycles. The van der Waals surface area contributed by atoms with Gasteiger partial charge in [0.05, 0.1) is 41.4 Å². The maximum absolute atomic E-state index is 14.9. The molecular formula is C22H19ClFN5O3. The standard InChI is InChI=1S/C22H19ClFN5O3/c1-32-13-3-4-17(25-10-13)14-8-16(24)18(9-15(14)23)26-22(31)29-12-2-5-19(29)21-11(6-12)7-20(30)27-28-21/h3-4,7-10,12,19H,2,5-6H2,1H3,(H,26,31)(H,27,30)/t12-,19+/m0/s1. The lowest BCUT2D eigenvalue weighted by Gasteiger charge is -2.35. The molecule has 2 N–H and O–H groups in total. The van der Waals surface area contributed by atoms with Crippen LogP contribution in [-0.2, 0) is 6.42 Å². The SMILES string of the molecule is COc1ccc(-c2cc(F)c(NC(=O)N3[C@H]4CC[C@@H]3c3n[nH]c(=O)cc3C4)cc2Cl)nc1. The predicted molar refractivity (Wildman–Crippen MR) is 116 cm³/mol. The first-order valence-corrected chi connectivity index (χ1v) is 10.5. The molecule has 1 saturated heterocycles. The molecule has 0 radical (unpaired) electrons. The number of hydrogen-bond donors (Lipinski definition) is 2. The fourth-order valence-corrected chi connectivity index (χ4v) is 4.76. The van der Waals surface area contributed by atoms with Crippen LogP contribution in [0, 0.1) is 5.82 Å². The fourth-order valence-electron chi connectivity index (χ4n) is 4.50. The highest BCUT2D eigenvalue weighted by molar-refractivity contribution is 6.33. The third kappa shape index (κ3) is 3.48. The summed E-state index contributed by atoms with van der Waals surface area (Å²) in [7, 11) is 1.53. The number of ether oxygens (including phenoxy) is 1. The number of halogens is 2. The van der Waals surface area contributed by atoms with Crippen molar-refractivity contribution in [1.29, 1.82) is 0 Å². The monoisotopic (exact) mass is 455 g/mol. The van der Waals surface area contributed by atoms with Crippen LogP contribution in [-0.4, -0.2) is 39.3 Å². The van der Waals surface area contributed by atoms with Crippen LogP contribution in [0.25, 0.3) is 11.3 Å². The first-order chi connectivity index (χ1) is 15.4. The van der Waals surface area contributed by atoms with Gasteiger partial charge in [0.2, 0.25) is 0 Å². The number of methoxy groups -OCH3 is 1. The van der Waals surface area contributed by atoms with Gasteiger partial charge in [-0.3, -0.25) is 9.78 Å². The Bertz CT molecular complexity index is 1260. The third-order valence-corrected chi connectivity index (χ3v) is 6.29. The molecule has 32 heavy (non-hydrogen) atoms. The van der Waals surface area contributed by atoms with Crippen molar-refractivity contribution >= 4 is 23.3 Å². The number of H-pyrrole nitrogens is 1. The van der Waals surface area contributed by atoms with Crippen molar-refractivity contribution in [2.75, 3.05) is 12.4 Å². The number of amides is 2. The van der Waals surface area contributed by atoms with E-state index in [1.54, 1.807) is 17.0 Å². The van der Waals surface area contributed by atoms with E-state index in [2.05, 4.69) is 20.5 Å². The van der Waals surface area contributed by atoms with Crippen LogP contribution < -0.4 is 15.6 Å². The highest BCUT2D eigenvalue weighted by Crippen LogP contribution is 2.42. The third-order valence-electron chi connectivity index (χ3n) is 5.98. The van der Waals surface area contributed by atoms with Crippen molar-refractivity contribution in [2.24, 2.45) is 0 Å². The van der Waals surface area contributed by atoms with Crippen molar-refractivity contribution < 1.29 is 13.9 Å². The average molecular weight is 456 g/mol. The summed E-state index contributed by atoms with van der Waals surface area (Å²) in [6.07, 6.45) is 3.58. The number of hydrogen-bond acceptors (Lipinski definition) is 5. The van der Waals surface area contributed by atoms with Gasteiger partial charge in [0, 0.05) is 17.7 Å². The summed E-state index contributed by atoms with van der Waals surface area (Å²) in [5, 5.41) is 9.50. The predicted octanol–water partition coefficient (Wildman–Crippen LogP) is 3.93. The van der Waals surface area contributed by atoms with Gasteiger partial charge in [-0.2, -0.15) is 5.10 Å². The second-order valence-corrected chi connectivity index (χ2v) is 8.23. The lowest BCUT2D eigenvalue weighted by Crippen LogP contribution is -2.45. The van der Waals surface area contributed by atoms with Crippen LogP contribution >= 0.6 is 11.6 Å². The molecule has 2 aliphatic heterocycles. The first-order valence-electron chi connectivity index (χ1n) is 10.1. The molecule has 2 atom stereocenters. The molecule has 5 rings (SSSR count). The summed E-state index contributed by atoms with van der Waals surface area (Å²) in [5.74, 6) is -0.0480. The maximum Gasteiger partial charge on any atom is 0.322 e. The number of aromatic amines is 1. The highest BCUT2D eigenvalue weighted by Gasteiger charge is 2.44. The van der Waals surface area contributed by atoms with Gasteiger partial charge < -0.3 is 15.0 Å². The highest BCUT2D eigenvalue weighted by atomic mass is 35.5. The van der Waals surface area contributed by atoms with E-state index in [4.69, 9.17) is 16.3 Å². The molecule has 2 bridgehead atoms. The summed E-state index contributed by atoms with van der Waals surface area (Å²) in [6, 6.07) is 6.79. The van der Waals surface area contributed by atoms with Gasteiger partial charge in [0.15, 0.2) is 0 Å². The number of carbonyl (C=O) groups is 1. The molecule has 0 spiro atoms. The molecule has 1 aromatic carbocycles. The Hall–Kier alpha value is -3.46. The van der Waals surface area contributed by atoms with Crippen molar-refractivity contribution in [3.05, 3.63) is 69.0 Å². The Kier molecular flexibility index (Phi) is 5.05. The lowest BCUT2D eigenvalue weighted by molar-refractivity contribution is 0.177. The van der Waals surface area contributed by atoms with Crippen LogP contribution in [0.2, 0.25) is 5.02 Å². The number of urea groups is 1. The molecule has 2 amide bonds. The van der Waals surface area contributed by atoms with E-state index < -0.39 is 11.8 Å². The van der Waals surface area contributed by atoms with E-state index in [-0.39, 0.29) is 28.4 Å². The van der Waals surface area contributed by atoms with Crippen LogP contribution in [0.5, 0.6) is 5.75 Å². The van der Waals surface area contributed by atoms with Gasteiger partial charge in [0.1, 0.15) is 11.6 Å². The number of pyridine rings is 1. The maximum atomic E-state index is 14.9. The number of benzene rings is 1. The van der Waals surface area contributed by atoms with E-state index >= 15 is 0 Å². The molecule has 2 aromatic heterocycles. The average Bonchev–Trinajstić information content (AvgIpc) is 3.11. The van der Waals surface area contributed by atoms with Gasteiger partial charge in [0.25, 0.3) is 5.56 Å². The first kappa shape index (κ1) is 20.4. The number of nitrogens with zero attached hydrogens (tertiary/aromatic N) is 3. The van der Waals surface area contributed by atoms with Gasteiger partial charge in [-0.15, -0.1) is 0 Å². The van der Waals surface area contributed by atoms with Crippen molar-refractivity contribution in [3.63, 3.8) is 0 Å². The molecule has 3 aromatic rings. The van der Waals surface area contributed by atoms with E-state index in [9.17, 15) is 14.0 Å². The smallest absolute Gasteiger partial charge is 0.322 e. The number of rotatable bonds is 3. The quantitative estimate of drug-likeness (QED) is 0.623. The van der Waals surface area contributed by atoms with Crippen LogP contribution in [0.1, 0.15) is 30.1 Å². The number of fused-ring (bicyclic) bond motifs is 4. The molecule has 2 aliphatic rings. The van der Waals surface area contributed by atoms with Gasteiger partial charge >= 0.3 is 6.03 Å². The Morgan fingerprint density at radius 1 is 1.31 bits per heavy atom. The minimum Gasteiger partial charge on any atom is -0.495 e. The van der Waals surface area contributed by atoms with E-state index in [1.807, 2.05) is 0 Å². The second-order valence-electron chi connectivity index (χ2n) is 7.83. The molecule has 0 saturated carbocycles. The zero-order valence-corrected chi connectivity index (χ0v) is 17.8. The summed E-state index contributed by atoms with van der Waals surface area (Å²) >= 11 is 6.38. The Morgan fingerprint density at radius 2 is 2.16 bits per heavy atom. The molecule has 10 heteroatoms. The van der Waals surface area contributed by atoms with Crippen molar-refractivity contribution in [2.45, 2.75) is 31.3 Å². The molecule has 8 nitrogen and oxygen atoms in total. The van der Waals surface area contributed by atoms with E-state index in [1.165, 1.54) is 31.5 Å². The Balaban J connectivity index is 1.39. The van der Waals surface area contributed by atoms with Gasteiger partial charge in [-0.05, 0) is 49.1 Å². The van der Waals surface area contributed by atoms with Gasteiger partial charge in [-0.25, -0.2) is 14.3 Å². The summed E-state index contributed by atoms with van der Waals surface area (Å²) < 4.78 is 20.0. The second kappa shape index (κ2) is 7.90. The largest absolute Gasteiger partial charge is 0.495 e. The number of nitrogens with one attached hydrogen (secondary N) is 2. The minimum atomic E-state index is -0.623. The zero-order valence-electron chi connectivity index (χ0n) is 17.1. The fraction of sp³-hybridized carbons (Fsp3) is 0.273. The lowest BCUT2D eigenvalue weighted by atomic mass is 9.99. The van der Waals surface area contributed by atoms with Crippen LogP contribution in [0.15, 0.2) is 41.3 Å². The molecule has 4 heterocycles. The zero-order chi connectivity index (χ0) is 22.4. The molecule has 1 fully saturated rings. The van der Waals surface area contributed by atoms with Crippen molar-refractivity contribution in [1.82, 2.24) is 20.1 Å². The van der Waals surface area contributed by atoms with Crippen LogP contribution in [0.4, 0.5) is 14.9 Å².